The molecule has 0 aromatic carbocycles. The zero-order valence-electron chi connectivity index (χ0n) is 8.65. The highest BCUT2D eigenvalue weighted by Gasteiger charge is 2.39. The number of rotatable bonds is 0. The van der Waals surface area contributed by atoms with E-state index in [1.807, 2.05) is 0 Å². The first kappa shape index (κ1) is 9.18. The van der Waals surface area contributed by atoms with Crippen molar-refractivity contribution in [3.63, 3.8) is 0 Å². The standard InChI is InChI=1S/C9H15N5/c1-9(2,3)14-5-13-6-7(10)11-4-12-8(6)14/h4-6,8H,1-3H3,(H2,10,11,12). The summed E-state index contributed by atoms with van der Waals surface area (Å²) in [6, 6.07) is -0.153. The third-order valence-electron chi connectivity index (χ3n) is 2.44. The molecule has 2 N–H and O–H groups in total. The van der Waals surface area contributed by atoms with E-state index in [4.69, 9.17) is 5.41 Å². The van der Waals surface area contributed by atoms with Gasteiger partial charge in [-0.3, -0.25) is 10.4 Å². The highest BCUT2D eigenvalue weighted by atomic mass is 15.4. The van der Waals surface area contributed by atoms with E-state index >= 15 is 0 Å². The molecule has 2 unspecified atom stereocenters. The van der Waals surface area contributed by atoms with Gasteiger partial charge in [0.2, 0.25) is 0 Å². The molecule has 0 spiro atoms. The molecule has 14 heavy (non-hydrogen) atoms. The third-order valence-corrected chi connectivity index (χ3v) is 2.44. The Labute approximate surface area is 83.4 Å². The molecule has 0 radical (unpaired) electrons. The average molecular weight is 193 g/mol. The Morgan fingerprint density at radius 2 is 2.14 bits per heavy atom. The number of fused-ring (bicyclic) bond motifs is 1. The number of hydrogen-bond donors (Lipinski definition) is 2. The van der Waals surface area contributed by atoms with Crippen LogP contribution in [0, 0.1) is 5.41 Å². The van der Waals surface area contributed by atoms with Gasteiger partial charge in [0.05, 0.1) is 12.7 Å². The van der Waals surface area contributed by atoms with Crippen molar-refractivity contribution in [1.29, 1.82) is 5.41 Å². The van der Waals surface area contributed by atoms with Crippen LogP contribution in [-0.4, -0.2) is 41.2 Å². The first-order chi connectivity index (χ1) is 6.50. The van der Waals surface area contributed by atoms with Crippen LogP contribution >= 0.6 is 0 Å². The summed E-state index contributed by atoms with van der Waals surface area (Å²) in [5, 5.41) is 10.4. The second-order valence-electron chi connectivity index (χ2n) is 4.54. The molecule has 0 amide bonds. The Morgan fingerprint density at radius 3 is 2.79 bits per heavy atom. The molecule has 5 nitrogen and oxygen atoms in total. The van der Waals surface area contributed by atoms with Crippen molar-refractivity contribution in [2.45, 2.75) is 38.5 Å². The number of nitrogens with one attached hydrogen (secondary N) is 2. The second-order valence-corrected chi connectivity index (χ2v) is 4.54. The summed E-state index contributed by atoms with van der Waals surface area (Å²) < 4.78 is 0. The van der Waals surface area contributed by atoms with Gasteiger partial charge < -0.3 is 10.2 Å². The van der Waals surface area contributed by atoms with E-state index in [9.17, 15) is 0 Å². The Balaban J connectivity index is 2.27. The van der Waals surface area contributed by atoms with Crippen LogP contribution in [0.2, 0.25) is 0 Å². The molecule has 0 aromatic heterocycles. The molecule has 0 bridgehead atoms. The SMILES string of the molecule is CC(C)(C)N1C=NC2C(=N)NC=NC21. The lowest BCUT2D eigenvalue weighted by atomic mass is 10.0. The van der Waals surface area contributed by atoms with Gasteiger partial charge in [-0.1, -0.05) is 0 Å². The summed E-state index contributed by atoms with van der Waals surface area (Å²) in [7, 11) is 0. The second kappa shape index (κ2) is 2.80. The van der Waals surface area contributed by atoms with Gasteiger partial charge in [0.15, 0.2) is 6.17 Å². The fraction of sp³-hybridized carbons (Fsp3) is 0.667. The predicted octanol–water partition coefficient (Wildman–Crippen LogP) is 0.432. The smallest absolute Gasteiger partial charge is 0.153 e. The molecule has 2 aliphatic heterocycles. The van der Waals surface area contributed by atoms with Crippen LogP contribution in [0.15, 0.2) is 9.98 Å². The van der Waals surface area contributed by atoms with E-state index in [2.05, 4.69) is 41.0 Å². The summed E-state index contributed by atoms with van der Waals surface area (Å²) in [4.78, 5) is 10.7. The maximum absolute atomic E-state index is 7.67. The molecule has 0 saturated heterocycles. The van der Waals surface area contributed by atoms with Crippen molar-refractivity contribution in [3.8, 4) is 0 Å². The summed E-state index contributed by atoms with van der Waals surface area (Å²) >= 11 is 0. The first-order valence-corrected chi connectivity index (χ1v) is 4.68. The molecule has 76 valence electrons. The van der Waals surface area contributed by atoms with Crippen molar-refractivity contribution in [2.75, 3.05) is 0 Å². The monoisotopic (exact) mass is 193 g/mol. The van der Waals surface area contributed by atoms with Gasteiger partial charge in [-0.15, -0.1) is 0 Å². The molecule has 0 aromatic rings. The quantitative estimate of drug-likeness (QED) is 0.586. The molecule has 0 aliphatic carbocycles. The summed E-state index contributed by atoms with van der Waals surface area (Å²) in [6.07, 6.45) is 3.34. The maximum atomic E-state index is 7.67. The first-order valence-electron chi connectivity index (χ1n) is 4.68. The number of nitrogens with zero attached hydrogens (tertiary/aromatic N) is 3. The van der Waals surface area contributed by atoms with Crippen LogP contribution in [0.3, 0.4) is 0 Å². The molecular formula is C9H15N5. The molecular weight excluding hydrogens is 178 g/mol. The molecule has 0 fully saturated rings. The Morgan fingerprint density at radius 1 is 1.43 bits per heavy atom. The molecule has 5 heteroatoms. The summed E-state index contributed by atoms with van der Waals surface area (Å²) in [5.41, 5.74) is -0.00211. The Kier molecular flexibility index (Phi) is 1.83. The van der Waals surface area contributed by atoms with Crippen LogP contribution in [0.5, 0.6) is 0 Å². The van der Waals surface area contributed by atoms with Crippen molar-refractivity contribution in [1.82, 2.24) is 10.2 Å². The lowest BCUT2D eigenvalue weighted by molar-refractivity contribution is 0.196. The van der Waals surface area contributed by atoms with Crippen LogP contribution in [-0.2, 0) is 0 Å². The number of aliphatic imine (C=N–C) groups is 2. The minimum Gasteiger partial charge on any atom is -0.334 e. The molecule has 2 heterocycles. The van der Waals surface area contributed by atoms with Crippen LogP contribution in [0.4, 0.5) is 0 Å². The van der Waals surface area contributed by atoms with Gasteiger partial charge in [0, 0.05) is 5.54 Å². The van der Waals surface area contributed by atoms with Gasteiger partial charge in [-0.2, -0.15) is 0 Å². The largest absolute Gasteiger partial charge is 0.334 e. The van der Waals surface area contributed by atoms with E-state index < -0.39 is 0 Å². The van der Waals surface area contributed by atoms with Crippen molar-refractivity contribution >= 4 is 18.5 Å². The zero-order valence-corrected chi connectivity index (χ0v) is 8.65. The lowest BCUT2D eigenvalue weighted by Crippen LogP contribution is -2.52. The Hall–Kier alpha value is -1.39. The van der Waals surface area contributed by atoms with Gasteiger partial charge in [-0.25, -0.2) is 4.99 Å². The summed E-state index contributed by atoms with van der Waals surface area (Å²) in [6.45, 7) is 6.34. The van der Waals surface area contributed by atoms with Gasteiger partial charge in [-0.05, 0) is 20.8 Å². The maximum Gasteiger partial charge on any atom is 0.153 e. The van der Waals surface area contributed by atoms with Gasteiger partial charge in [0.1, 0.15) is 11.9 Å². The number of hydrogen-bond acceptors (Lipinski definition) is 4. The van der Waals surface area contributed by atoms with Crippen molar-refractivity contribution in [3.05, 3.63) is 0 Å². The van der Waals surface area contributed by atoms with Crippen molar-refractivity contribution in [2.24, 2.45) is 9.98 Å². The van der Waals surface area contributed by atoms with Crippen molar-refractivity contribution < 1.29 is 0 Å². The van der Waals surface area contributed by atoms with E-state index in [-0.39, 0.29) is 17.7 Å². The molecule has 0 saturated carbocycles. The average Bonchev–Trinajstić information content (AvgIpc) is 2.47. The minimum atomic E-state index is -0.153. The van der Waals surface area contributed by atoms with Crippen LogP contribution in [0.25, 0.3) is 0 Å². The third kappa shape index (κ3) is 1.29. The molecule has 2 atom stereocenters. The van der Waals surface area contributed by atoms with E-state index in [1.165, 1.54) is 0 Å². The van der Waals surface area contributed by atoms with Gasteiger partial charge >= 0.3 is 0 Å². The normalized spacial score (nSPS) is 30.5. The highest BCUT2D eigenvalue weighted by Crippen LogP contribution is 2.25. The fourth-order valence-corrected chi connectivity index (χ4v) is 1.66. The van der Waals surface area contributed by atoms with E-state index in [0.29, 0.717) is 5.84 Å². The minimum absolute atomic E-state index is 0.00211. The molecule has 2 rings (SSSR count). The van der Waals surface area contributed by atoms with Crippen LogP contribution in [0.1, 0.15) is 20.8 Å². The lowest BCUT2D eigenvalue weighted by Gasteiger charge is -2.37. The van der Waals surface area contributed by atoms with Gasteiger partial charge in [0.25, 0.3) is 0 Å². The number of amidine groups is 1. The summed E-state index contributed by atoms with van der Waals surface area (Å²) in [5.74, 6) is 0.424. The zero-order chi connectivity index (χ0) is 10.3. The van der Waals surface area contributed by atoms with E-state index in [0.717, 1.165) is 0 Å². The highest BCUT2D eigenvalue weighted by molar-refractivity contribution is 5.97. The van der Waals surface area contributed by atoms with E-state index in [1.54, 1.807) is 12.7 Å². The Bertz CT molecular complexity index is 312. The molecule has 2 aliphatic rings. The predicted molar refractivity (Wildman–Crippen MR) is 57.0 cm³/mol. The topological polar surface area (TPSA) is 63.8 Å². The fourth-order valence-electron chi connectivity index (χ4n) is 1.66. The van der Waals surface area contributed by atoms with Crippen LogP contribution < -0.4 is 5.32 Å².